The second-order valence-electron chi connectivity index (χ2n) is 6.43. The van der Waals surface area contributed by atoms with Crippen LogP contribution in [0.3, 0.4) is 0 Å². The van der Waals surface area contributed by atoms with Crippen molar-refractivity contribution in [3.63, 3.8) is 0 Å². The molecule has 1 aliphatic heterocycles. The number of halogens is 1. The molecular weight excluding hydrogens is 290 g/mol. The summed E-state index contributed by atoms with van der Waals surface area (Å²) in [5.41, 5.74) is 1.29. The SMILES string of the molecule is CCC(c1nc(CCl)cs1)N1CCN(C(C)(C)C)CC1. The van der Waals surface area contributed by atoms with E-state index in [4.69, 9.17) is 11.6 Å². The van der Waals surface area contributed by atoms with E-state index in [1.54, 1.807) is 11.3 Å². The molecule has 114 valence electrons. The maximum absolute atomic E-state index is 5.87. The Hall–Kier alpha value is -0.160. The van der Waals surface area contributed by atoms with Crippen molar-refractivity contribution in [3.05, 3.63) is 16.1 Å². The van der Waals surface area contributed by atoms with E-state index in [-0.39, 0.29) is 5.54 Å². The molecular formula is C15H26ClN3S. The lowest BCUT2D eigenvalue weighted by atomic mass is 10.0. The van der Waals surface area contributed by atoms with Gasteiger partial charge in [-0.25, -0.2) is 4.98 Å². The van der Waals surface area contributed by atoms with Crippen LogP contribution in [0.1, 0.15) is 50.9 Å². The molecule has 3 nitrogen and oxygen atoms in total. The molecule has 0 bridgehead atoms. The topological polar surface area (TPSA) is 19.4 Å². The molecule has 1 aliphatic rings. The predicted molar refractivity (Wildman–Crippen MR) is 87.6 cm³/mol. The fourth-order valence-corrected chi connectivity index (χ4v) is 4.09. The van der Waals surface area contributed by atoms with Gasteiger partial charge in [0.2, 0.25) is 0 Å². The molecule has 2 heterocycles. The summed E-state index contributed by atoms with van der Waals surface area (Å²) in [6, 6.07) is 0.457. The second-order valence-corrected chi connectivity index (χ2v) is 7.59. The Morgan fingerprint density at radius 3 is 2.40 bits per heavy atom. The monoisotopic (exact) mass is 315 g/mol. The van der Waals surface area contributed by atoms with Gasteiger partial charge >= 0.3 is 0 Å². The summed E-state index contributed by atoms with van der Waals surface area (Å²) >= 11 is 7.62. The zero-order valence-corrected chi connectivity index (χ0v) is 14.6. The van der Waals surface area contributed by atoms with Gasteiger partial charge in [0, 0.05) is 37.1 Å². The molecule has 1 atom stereocenters. The van der Waals surface area contributed by atoms with Crippen LogP contribution < -0.4 is 0 Å². The zero-order chi connectivity index (χ0) is 14.8. The van der Waals surface area contributed by atoms with Crippen LogP contribution in [0.4, 0.5) is 0 Å². The number of alkyl halides is 1. The van der Waals surface area contributed by atoms with Crippen LogP contribution >= 0.6 is 22.9 Å². The predicted octanol–water partition coefficient (Wildman–Crippen LogP) is 3.75. The van der Waals surface area contributed by atoms with E-state index in [9.17, 15) is 0 Å². The van der Waals surface area contributed by atoms with Crippen molar-refractivity contribution in [2.75, 3.05) is 26.2 Å². The molecule has 5 heteroatoms. The lowest BCUT2D eigenvalue weighted by Gasteiger charge is -2.44. The maximum Gasteiger partial charge on any atom is 0.110 e. The summed E-state index contributed by atoms with van der Waals surface area (Å²) in [5, 5.41) is 3.32. The smallest absolute Gasteiger partial charge is 0.110 e. The molecule has 0 saturated carbocycles. The van der Waals surface area contributed by atoms with Crippen molar-refractivity contribution >= 4 is 22.9 Å². The fraction of sp³-hybridized carbons (Fsp3) is 0.800. The van der Waals surface area contributed by atoms with Crippen LogP contribution in [0.25, 0.3) is 0 Å². The van der Waals surface area contributed by atoms with Gasteiger partial charge in [-0.2, -0.15) is 0 Å². The van der Waals surface area contributed by atoms with E-state index in [0.717, 1.165) is 38.3 Å². The van der Waals surface area contributed by atoms with Crippen LogP contribution in [0, 0.1) is 0 Å². The van der Waals surface area contributed by atoms with Crippen molar-refractivity contribution in [2.24, 2.45) is 0 Å². The lowest BCUT2D eigenvalue weighted by molar-refractivity contribution is 0.0406. The van der Waals surface area contributed by atoms with Gasteiger partial charge in [-0.05, 0) is 27.2 Å². The third kappa shape index (κ3) is 3.73. The van der Waals surface area contributed by atoms with Gasteiger partial charge < -0.3 is 0 Å². The average molecular weight is 316 g/mol. The number of aromatic nitrogens is 1. The summed E-state index contributed by atoms with van der Waals surface area (Å²) in [7, 11) is 0. The molecule has 1 fully saturated rings. The fourth-order valence-electron chi connectivity index (χ4n) is 2.83. The summed E-state index contributed by atoms with van der Waals surface area (Å²) in [6.45, 7) is 13.7. The molecule has 0 radical (unpaired) electrons. The van der Waals surface area contributed by atoms with Gasteiger partial charge in [0.25, 0.3) is 0 Å². The second kappa shape index (κ2) is 6.73. The molecule has 2 rings (SSSR count). The van der Waals surface area contributed by atoms with E-state index in [1.807, 2.05) is 0 Å². The van der Waals surface area contributed by atoms with Crippen molar-refractivity contribution in [1.82, 2.24) is 14.8 Å². The minimum Gasteiger partial charge on any atom is -0.296 e. The lowest BCUT2D eigenvalue weighted by Crippen LogP contribution is -2.53. The highest BCUT2D eigenvalue weighted by Crippen LogP contribution is 2.29. The minimum atomic E-state index is 0.279. The molecule has 1 aromatic rings. The van der Waals surface area contributed by atoms with Crippen LogP contribution in [-0.4, -0.2) is 46.5 Å². The Kier molecular flexibility index (Phi) is 5.46. The largest absolute Gasteiger partial charge is 0.296 e. The molecule has 1 unspecified atom stereocenters. The Morgan fingerprint density at radius 2 is 1.95 bits per heavy atom. The first-order valence-corrected chi connectivity index (χ1v) is 8.86. The Morgan fingerprint density at radius 1 is 1.30 bits per heavy atom. The summed E-state index contributed by atoms with van der Waals surface area (Å²) in [4.78, 5) is 9.83. The third-order valence-electron chi connectivity index (χ3n) is 4.08. The van der Waals surface area contributed by atoms with Gasteiger partial charge in [0.05, 0.1) is 17.6 Å². The summed E-state index contributed by atoms with van der Waals surface area (Å²) < 4.78 is 0. The average Bonchev–Trinajstić information content (AvgIpc) is 2.88. The van der Waals surface area contributed by atoms with E-state index >= 15 is 0 Å². The maximum atomic E-state index is 5.87. The van der Waals surface area contributed by atoms with Crippen LogP contribution in [0.15, 0.2) is 5.38 Å². The van der Waals surface area contributed by atoms with Gasteiger partial charge in [-0.1, -0.05) is 6.92 Å². The highest BCUT2D eigenvalue weighted by Gasteiger charge is 2.30. The normalized spacial score (nSPS) is 20.2. The van der Waals surface area contributed by atoms with E-state index in [0.29, 0.717) is 11.9 Å². The summed E-state index contributed by atoms with van der Waals surface area (Å²) in [6.07, 6.45) is 1.12. The third-order valence-corrected chi connectivity index (χ3v) is 5.35. The van der Waals surface area contributed by atoms with Gasteiger partial charge in [0.15, 0.2) is 0 Å². The quantitative estimate of drug-likeness (QED) is 0.789. The van der Waals surface area contributed by atoms with Gasteiger partial charge in [-0.3, -0.25) is 9.80 Å². The molecule has 0 aromatic carbocycles. The van der Waals surface area contributed by atoms with E-state index < -0.39 is 0 Å². The highest BCUT2D eigenvalue weighted by atomic mass is 35.5. The number of rotatable bonds is 4. The molecule has 0 N–H and O–H groups in total. The van der Waals surface area contributed by atoms with Crippen molar-refractivity contribution in [2.45, 2.75) is 51.6 Å². The summed E-state index contributed by atoms with van der Waals surface area (Å²) in [5.74, 6) is 0.519. The number of piperazine rings is 1. The molecule has 0 amide bonds. The first-order chi connectivity index (χ1) is 9.45. The van der Waals surface area contributed by atoms with Crippen molar-refractivity contribution < 1.29 is 0 Å². The van der Waals surface area contributed by atoms with Gasteiger partial charge in [-0.15, -0.1) is 22.9 Å². The number of hydrogen-bond acceptors (Lipinski definition) is 4. The zero-order valence-electron chi connectivity index (χ0n) is 13.0. The van der Waals surface area contributed by atoms with Crippen LogP contribution in [0.2, 0.25) is 0 Å². The highest BCUT2D eigenvalue weighted by molar-refractivity contribution is 7.09. The Balaban J connectivity index is 2.00. The molecule has 1 saturated heterocycles. The van der Waals surface area contributed by atoms with Crippen LogP contribution in [-0.2, 0) is 5.88 Å². The van der Waals surface area contributed by atoms with E-state index in [2.05, 4.69) is 47.9 Å². The van der Waals surface area contributed by atoms with Crippen LogP contribution in [0.5, 0.6) is 0 Å². The van der Waals surface area contributed by atoms with E-state index in [1.165, 1.54) is 5.01 Å². The Bertz CT molecular complexity index is 419. The first kappa shape index (κ1) is 16.2. The number of hydrogen-bond donors (Lipinski definition) is 0. The first-order valence-electron chi connectivity index (χ1n) is 7.45. The van der Waals surface area contributed by atoms with Crippen molar-refractivity contribution in [3.8, 4) is 0 Å². The molecule has 1 aromatic heterocycles. The molecule has 0 spiro atoms. The minimum absolute atomic E-state index is 0.279. The Labute approximate surface area is 131 Å². The van der Waals surface area contributed by atoms with Crippen molar-refractivity contribution in [1.29, 1.82) is 0 Å². The molecule has 20 heavy (non-hydrogen) atoms. The molecule has 0 aliphatic carbocycles. The number of nitrogens with zero attached hydrogens (tertiary/aromatic N) is 3. The number of thiazole rings is 1. The standard InChI is InChI=1S/C15H26ClN3S/c1-5-13(14-17-12(10-16)11-20-14)18-6-8-19(9-7-18)15(2,3)4/h11,13H,5-10H2,1-4H3. The van der Waals surface area contributed by atoms with Gasteiger partial charge in [0.1, 0.15) is 5.01 Å².